The Morgan fingerprint density at radius 1 is 1.00 bits per heavy atom. The average molecular weight is 378 g/mol. The smallest absolute Gasteiger partial charge is 0.267 e. The summed E-state index contributed by atoms with van der Waals surface area (Å²) in [5.41, 5.74) is 1.38. The van der Waals surface area contributed by atoms with Gasteiger partial charge in [-0.15, -0.1) is 0 Å². The van der Waals surface area contributed by atoms with Crippen LogP contribution in [0.1, 0.15) is 13.0 Å². The topological polar surface area (TPSA) is 71.6 Å². The highest BCUT2D eigenvalue weighted by molar-refractivity contribution is 5.80. The zero-order valence-corrected chi connectivity index (χ0v) is 15.7. The fraction of sp³-hybridized carbons (Fsp3) is 0.286. The minimum absolute atomic E-state index is 0.0982. The Balaban J connectivity index is 1.47. The van der Waals surface area contributed by atoms with Crippen LogP contribution in [0.3, 0.4) is 0 Å². The standard InChI is InChI=1S/C21H22N4O3/c1-16(25-20(26)10-9-18(22-25)19-8-5-15-28-19)21(27)24-13-11-23(12-14-24)17-6-3-2-4-7-17/h2-10,15-16H,11-14H2,1H3. The van der Waals surface area contributed by atoms with Gasteiger partial charge in [0.05, 0.1) is 6.26 Å². The lowest BCUT2D eigenvalue weighted by Crippen LogP contribution is -2.51. The molecule has 144 valence electrons. The summed E-state index contributed by atoms with van der Waals surface area (Å²) in [5.74, 6) is 0.462. The fourth-order valence-corrected chi connectivity index (χ4v) is 3.45. The van der Waals surface area contributed by atoms with E-state index in [9.17, 15) is 9.59 Å². The van der Waals surface area contributed by atoms with Crippen molar-refractivity contribution in [3.63, 3.8) is 0 Å². The molecule has 7 nitrogen and oxygen atoms in total. The van der Waals surface area contributed by atoms with E-state index in [1.54, 1.807) is 36.3 Å². The van der Waals surface area contributed by atoms with Gasteiger partial charge in [0, 0.05) is 37.9 Å². The third-order valence-corrected chi connectivity index (χ3v) is 5.04. The highest BCUT2D eigenvalue weighted by Crippen LogP contribution is 2.19. The molecule has 0 spiro atoms. The Labute approximate surface area is 162 Å². The van der Waals surface area contributed by atoms with Gasteiger partial charge < -0.3 is 14.2 Å². The molecule has 0 radical (unpaired) electrons. The van der Waals surface area contributed by atoms with Crippen LogP contribution < -0.4 is 10.5 Å². The van der Waals surface area contributed by atoms with Crippen LogP contribution in [0.4, 0.5) is 5.69 Å². The van der Waals surface area contributed by atoms with Crippen LogP contribution >= 0.6 is 0 Å². The van der Waals surface area contributed by atoms with Crippen molar-refractivity contribution in [3.05, 3.63) is 71.2 Å². The molecule has 28 heavy (non-hydrogen) atoms. The zero-order valence-electron chi connectivity index (χ0n) is 15.7. The highest BCUT2D eigenvalue weighted by atomic mass is 16.3. The Morgan fingerprint density at radius 3 is 2.43 bits per heavy atom. The van der Waals surface area contributed by atoms with Crippen LogP contribution in [0.25, 0.3) is 11.5 Å². The van der Waals surface area contributed by atoms with Gasteiger partial charge in [-0.1, -0.05) is 18.2 Å². The van der Waals surface area contributed by atoms with Crippen LogP contribution in [0.5, 0.6) is 0 Å². The molecular formula is C21H22N4O3. The SMILES string of the molecule is CC(C(=O)N1CCN(c2ccccc2)CC1)n1nc(-c2ccco2)ccc1=O. The zero-order chi connectivity index (χ0) is 19.5. The molecule has 1 atom stereocenters. The molecule has 3 heterocycles. The predicted molar refractivity (Wildman–Crippen MR) is 106 cm³/mol. The summed E-state index contributed by atoms with van der Waals surface area (Å²) in [4.78, 5) is 29.3. The molecule has 0 bridgehead atoms. The summed E-state index contributed by atoms with van der Waals surface area (Å²) in [6.45, 7) is 4.47. The minimum atomic E-state index is -0.675. The van der Waals surface area contributed by atoms with E-state index in [2.05, 4.69) is 22.1 Å². The van der Waals surface area contributed by atoms with E-state index in [0.717, 1.165) is 18.8 Å². The first-order chi connectivity index (χ1) is 13.6. The maximum absolute atomic E-state index is 13.0. The summed E-state index contributed by atoms with van der Waals surface area (Å²) in [6.07, 6.45) is 1.55. The van der Waals surface area contributed by atoms with E-state index in [1.165, 1.54) is 10.7 Å². The maximum atomic E-state index is 13.0. The van der Waals surface area contributed by atoms with Gasteiger partial charge in [-0.3, -0.25) is 9.59 Å². The number of para-hydroxylation sites is 1. The average Bonchev–Trinajstić information content (AvgIpc) is 3.29. The number of aromatic nitrogens is 2. The van der Waals surface area contributed by atoms with Crippen molar-refractivity contribution in [2.75, 3.05) is 31.1 Å². The number of amides is 1. The van der Waals surface area contributed by atoms with Gasteiger partial charge >= 0.3 is 0 Å². The molecule has 7 heteroatoms. The Morgan fingerprint density at radius 2 is 1.75 bits per heavy atom. The number of carbonyl (C=O) groups excluding carboxylic acids is 1. The summed E-state index contributed by atoms with van der Waals surface area (Å²) in [6, 6.07) is 16.0. The molecule has 1 aromatic carbocycles. The lowest BCUT2D eigenvalue weighted by atomic mass is 10.2. The largest absolute Gasteiger partial charge is 0.463 e. The molecular weight excluding hydrogens is 356 g/mol. The van der Waals surface area contributed by atoms with Gasteiger partial charge in [0.25, 0.3) is 5.56 Å². The van der Waals surface area contributed by atoms with Crippen LogP contribution in [0, 0.1) is 0 Å². The second-order valence-electron chi connectivity index (χ2n) is 6.80. The third-order valence-electron chi connectivity index (χ3n) is 5.04. The molecule has 3 aromatic rings. The molecule has 0 saturated carbocycles. The van der Waals surface area contributed by atoms with Crippen molar-refractivity contribution in [3.8, 4) is 11.5 Å². The van der Waals surface area contributed by atoms with Crippen molar-refractivity contribution >= 4 is 11.6 Å². The van der Waals surface area contributed by atoms with Gasteiger partial charge in [-0.2, -0.15) is 5.10 Å². The van der Waals surface area contributed by atoms with E-state index < -0.39 is 6.04 Å². The molecule has 0 N–H and O–H groups in total. The number of rotatable bonds is 4. The van der Waals surface area contributed by atoms with Crippen molar-refractivity contribution in [1.82, 2.24) is 14.7 Å². The molecule has 1 aliphatic heterocycles. The minimum Gasteiger partial charge on any atom is -0.463 e. The van der Waals surface area contributed by atoms with Crippen LogP contribution in [0.15, 0.2) is 70.1 Å². The second kappa shape index (κ2) is 7.72. The van der Waals surface area contributed by atoms with Gasteiger partial charge in [-0.05, 0) is 37.3 Å². The fourth-order valence-electron chi connectivity index (χ4n) is 3.45. The van der Waals surface area contributed by atoms with Crippen LogP contribution in [0.2, 0.25) is 0 Å². The molecule has 1 amide bonds. The summed E-state index contributed by atoms with van der Waals surface area (Å²) in [7, 11) is 0. The Bertz CT molecular complexity index is 990. The van der Waals surface area contributed by atoms with Crippen molar-refractivity contribution in [2.24, 2.45) is 0 Å². The first kappa shape index (κ1) is 18.0. The lowest BCUT2D eigenvalue weighted by molar-refractivity contribution is -0.135. The van der Waals surface area contributed by atoms with Crippen LogP contribution in [-0.4, -0.2) is 46.8 Å². The first-order valence-corrected chi connectivity index (χ1v) is 9.36. The Hall–Kier alpha value is -3.35. The van der Waals surface area contributed by atoms with Crippen molar-refractivity contribution < 1.29 is 9.21 Å². The number of hydrogen-bond donors (Lipinski definition) is 0. The van der Waals surface area contributed by atoms with Gasteiger partial charge in [0.1, 0.15) is 11.7 Å². The lowest BCUT2D eigenvalue weighted by Gasteiger charge is -2.37. The second-order valence-corrected chi connectivity index (χ2v) is 6.80. The summed E-state index contributed by atoms with van der Waals surface area (Å²) < 4.78 is 6.59. The molecule has 1 aliphatic rings. The molecule has 1 unspecified atom stereocenters. The van der Waals surface area contributed by atoms with Crippen LogP contribution in [-0.2, 0) is 4.79 Å². The first-order valence-electron chi connectivity index (χ1n) is 9.36. The van der Waals surface area contributed by atoms with Gasteiger partial charge in [0.15, 0.2) is 5.76 Å². The van der Waals surface area contributed by atoms with E-state index in [-0.39, 0.29) is 11.5 Å². The highest BCUT2D eigenvalue weighted by Gasteiger charge is 2.27. The number of carbonyl (C=O) groups is 1. The molecule has 0 aliphatic carbocycles. The number of benzene rings is 1. The molecule has 4 rings (SSSR count). The van der Waals surface area contributed by atoms with Crippen molar-refractivity contribution in [1.29, 1.82) is 0 Å². The monoisotopic (exact) mass is 378 g/mol. The third kappa shape index (κ3) is 3.55. The van der Waals surface area contributed by atoms with E-state index in [0.29, 0.717) is 24.5 Å². The van der Waals surface area contributed by atoms with Gasteiger partial charge in [0.2, 0.25) is 5.91 Å². The van der Waals surface area contributed by atoms with Gasteiger partial charge in [-0.25, -0.2) is 4.68 Å². The van der Waals surface area contributed by atoms with E-state index in [1.807, 2.05) is 18.2 Å². The predicted octanol–water partition coefficient (Wildman–Crippen LogP) is 2.41. The molecule has 1 fully saturated rings. The normalized spacial score (nSPS) is 15.5. The molecule has 1 saturated heterocycles. The quantitative estimate of drug-likeness (QED) is 0.697. The Kier molecular flexibility index (Phi) is 4.97. The summed E-state index contributed by atoms with van der Waals surface area (Å²) >= 11 is 0. The van der Waals surface area contributed by atoms with E-state index >= 15 is 0 Å². The number of nitrogens with zero attached hydrogens (tertiary/aromatic N) is 4. The molecule has 2 aromatic heterocycles. The van der Waals surface area contributed by atoms with Crippen molar-refractivity contribution in [2.45, 2.75) is 13.0 Å². The number of hydrogen-bond acceptors (Lipinski definition) is 5. The number of furan rings is 1. The maximum Gasteiger partial charge on any atom is 0.267 e. The van der Waals surface area contributed by atoms with E-state index in [4.69, 9.17) is 4.42 Å². The number of anilines is 1. The number of piperazine rings is 1. The summed E-state index contributed by atoms with van der Waals surface area (Å²) in [5, 5.41) is 4.35.